The molecule has 1 aliphatic rings. The lowest BCUT2D eigenvalue weighted by Crippen LogP contribution is -2.44. The van der Waals surface area contributed by atoms with E-state index in [0.717, 1.165) is 43.3 Å². The number of aryl methyl sites for hydroxylation is 1. The van der Waals surface area contributed by atoms with Gasteiger partial charge in [0.1, 0.15) is 6.33 Å². The van der Waals surface area contributed by atoms with Crippen LogP contribution >= 0.6 is 11.3 Å². The molecule has 4 rings (SSSR count). The van der Waals surface area contributed by atoms with Crippen LogP contribution in [0.1, 0.15) is 4.88 Å². The summed E-state index contributed by atoms with van der Waals surface area (Å²) >= 11 is 1.74. The van der Waals surface area contributed by atoms with E-state index in [0.29, 0.717) is 0 Å². The van der Waals surface area contributed by atoms with Gasteiger partial charge in [-0.3, -0.25) is 4.40 Å². The molecule has 6 nitrogen and oxygen atoms in total. The van der Waals surface area contributed by atoms with Crippen molar-refractivity contribution in [2.45, 2.75) is 6.92 Å². The number of hydrogen-bond donors (Lipinski definition) is 1. The van der Waals surface area contributed by atoms with Crippen molar-refractivity contribution < 1.29 is 0 Å². The second kappa shape index (κ2) is 5.09. The third kappa shape index (κ3) is 2.18. The predicted molar refractivity (Wildman–Crippen MR) is 83.9 cm³/mol. The van der Waals surface area contributed by atoms with Gasteiger partial charge in [0, 0.05) is 42.0 Å². The van der Waals surface area contributed by atoms with Crippen molar-refractivity contribution in [3.8, 4) is 11.3 Å². The van der Waals surface area contributed by atoms with Crippen LogP contribution in [-0.4, -0.2) is 45.8 Å². The number of aromatic nitrogens is 4. The van der Waals surface area contributed by atoms with E-state index in [-0.39, 0.29) is 0 Å². The first kappa shape index (κ1) is 12.7. The maximum absolute atomic E-state index is 4.67. The molecule has 7 heteroatoms. The molecule has 0 unspecified atom stereocenters. The number of thiophene rings is 1. The fraction of sp³-hybridized carbons (Fsp3) is 0.357. The smallest absolute Gasteiger partial charge is 0.204 e. The molecular weight excluding hydrogens is 284 g/mol. The summed E-state index contributed by atoms with van der Waals surface area (Å²) in [5, 5.41) is 13.9. The predicted octanol–water partition coefficient (Wildman–Crippen LogP) is 1.57. The molecule has 1 aliphatic heterocycles. The van der Waals surface area contributed by atoms with Gasteiger partial charge in [-0.1, -0.05) is 0 Å². The number of anilines is 1. The molecule has 0 aliphatic carbocycles. The van der Waals surface area contributed by atoms with Crippen molar-refractivity contribution in [1.82, 2.24) is 24.9 Å². The second-order valence-electron chi connectivity index (χ2n) is 5.17. The highest BCUT2D eigenvalue weighted by Gasteiger charge is 2.18. The lowest BCUT2D eigenvalue weighted by molar-refractivity contribution is 0.585. The molecule has 4 heterocycles. The summed E-state index contributed by atoms with van der Waals surface area (Å²) in [6, 6.07) is 2.17. The summed E-state index contributed by atoms with van der Waals surface area (Å²) < 4.78 is 2.03. The lowest BCUT2D eigenvalue weighted by atomic mass is 10.2. The van der Waals surface area contributed by atoms with Crippen molar-refractivity contribution in [2.24, 2.45) is 0 Å². The van der Waals surface area contributed by atoms with E-state index >= 15 is 0 Å². The molecule has 0 saturated carbocycles. The average Bonchev–Trinajstić information content (AvgIpc) is 3.16. The molecule has 0 amide bonds. The van der Waals surface area contributed by atoms with Gasteiger partial charge < -0.3 is 10.2 Å². The maximum Gasteiger partial charge on any atom is 0.204 e. The highest BCUT2D eigenvalue weighted by molar-refractivity contribution is 7.10. The molecule has 0 spiro atoms. The van der Waals surface area contributed by atoms with Crippen LogP contribution < -0.4 is 10.2 Å². The van der Waals surface area contributed by atoms with Crippen LogP contribution in [0.15, 0.2) is 24.0 Å². The van der Waals surface area contributed by atoms with E-state index in [1.54, 1.807) is 17.7 Å². The normalized spacial score (nSPS) is 15.8. The molecule has 1 fully saturated rings. The van der Waals surface area contributed by atoms with Gasteiger partial charge in [0.15, 0.2) is 5.82 Å². The van der Waals surface area contributed by atoms with Crippen molar-refractivity contribution in [2.75, 3.05) is 31.1 Å². The number of fused-ring (bicyclic) bond motifs is 1. The summed E-state index contributed by atoms with van der Waals surface area (Å²) in [5.41, 5.74) is 3.04. The van der Waals surface area contributed by atoms with Crippen molar-refractivity contribution in [1.29, 1.82) is 0 Å². The Morgan fingerprint density at radius 2 is 2.14 bits per heavy atom. The van der Waals surface area contributed by atoms with E-state index in [1.165, 1.54) is 10.4 Å². The van der Waals surface area contributed by atoms with Crippen LogP contribution in [-0.2, 0) is 0 Å². The van der Waals surface area contributed by atoms with Crippen LogP contribution in [0.4, 0.5) is 5.82 Å². The molecule has 108 valence electrons. The minimum Gasteiger partial charge on any atom is -0.351 e. The van der Waals surface area contributed by atoms with Gasteiger partial charge in [-0.2, -0.15) is 0 Å². The summed E-state index contributed by atoms with van der Waals surface area (Å²) in [5.74, 6) is 0.921. The van der Waals surface area contributed by atoms with Gasteiger partial charge >= 0.3 is 0 Å². The summed E-state index contributed by atoms with van der Waals surface area (Å²) in [4.78, 5) is 8.22. The summed E-state index contributed by atoms with van der Waals surface area (Å²) in [6.07, 6.45) is 3.69. The fourth-order valence-corrected chi connectivity index (χ4v) is 3.39. The quantitative estimate of drug-likeness (QED) is 0.778. The molecule has 21 heavy (non-hydrogen) atoms. The summed E-state index contributed by atoms with van der Waals surface area (Å²) in [6.45, 7) is 5.97. The molecule has 1 saturated heterocycles. The lowest BCUT2D eigenvalue weighted by Gasteiger charge is -2.28. The molecule has 0 radical (unpaired) electrons. The van der Waals surface area contributed by atoms with Crippen LogP contribution in [0.25, 0.3) is 16.9 Å². The van der Waals surface area contributed by atoms with Crippen molar-refractivity contribution in [3.63, 3.8) is 0 Å². The van der Waals surface area contributed by atoms with Crippen LogP contribution in [0.5, 0.6) is 0 Å². The minimum atomic E-state index is 0.832. The standard InChI is InChI=1S/C14H16N6S/c1-10-6-11(8-21-10)12-7-16-13(14-18-17-9-20(12)14)19-4-2-15-3-5-19/h6-9,15H,2-5H2,1H3. The Hall–Kier alpha value is -1.99. The highest BCUT2D eigenvalue weighted by atomic mass is 32.1. The first-order chi connectivity index (χ1) is 10.3. The van der Waals surface area contributed by atoms with E-state index in [4.69, 9.17) is 0 Å². The van der Waals surface area contributed by atoms with E-state index < -0.39 is 0 Å². The van der Waals surface area contributed by atoms with Crippen LogP contribution in [0.3, 0.4) is 0 Å². The topological polar surface area (TPSA) is 58.4 Å². The Kier molecular flexibility index (Phi) is 3.08. The van der Waals surface area contributed by atoms with Gasteiger partial charge in [-0.15, -0.1) is 21.5 Å². The SMILES string of the molecule is Cc1cc(-c2cnc(N3CCNCC3)c3nncn23)cs1. The van der Waals surface area contributed by atoms with Crippen LogP contribution in [0, 0.1) is 6.92 Å². The zero-order valence-electron chi connectivity index (χ0n) is 11.8. The summed E-state index contributed by atoms with van der Waals surface area (Å²) in [7, 11) is 0. The Labute approximate surface area is 126 Å². The Morgan fingerprint density at radius 3 is 2.90 bits per heavy atom. The van der Waals surface area contributed by atoms with Crippen molar-refractivity contribution >= 4 is 22.8 Å². The number of piperazine rings is 1. The first-order valence-corrected chi connectivity index (χ1v) is 7.91. The van der Waals surface area contributed by atoms with Gasteiger partial charge in [0.05, 0.1) is 11.9 Å². The largest absolute Gasteiger partial charge is 0.351 e. The number of hydrogen-bond acceptors (Lipinski definition) is 6. The van der Waals surface area contributed by atoms with Crippen LogP contribution in [0.2, 0.25) is 0 Å². The zero-order chi connectivity index (χ0) is 14.2. The van der Waals surface area contributed by atoms with Gasteiger partial charge in [0.25, 0.3) is 0 Å². The van der Waals surface area contributed by atoms with E-state index in [1.807, 2.05) is 10.6 Å². The number of nitrogens with one attached hydrogen (secondary N) is 1. The molecule has 3 aromatic rings. The molecule has 3 aromatic heterocycles. The Morgan fingerprint density at radius 1 is 1.29 bits per heavy atom. The van der Waals surface area contributed by atoms with Gasteiger partial charge in [0.2, 0.25) is 5.65 Å². The third-order valence-corrected chi connectivity index (χ3v) is 4.62. The fourth-order valence-electron chi connectivity index (χ4n) is 2.70. The average molecular weight is 300 g/mol. The van der Waals surface area contributed by atoms with E-state index in [9.17, 15) is 0 Å². The van der Waals surface area contributed by atoms with Gasteiger partial charge in [-0.25, -0.2) is 4.98 Å². The Bertz CT molecular complexity index is 771. The highest BCUT2D eigenvalue weighted by Crippen LogP contribution is 2.28. The maximum atomic E-state index is 4.67. The van der Waals surface area contributed by atoms with Gasteiger partial charge in [-0.05, 0) is 13.0 Å². The monoisotopic (exact) mass is 300 g/mol. The molecule has 1 N–H and O–H groups in total. The first-order valence-electron chi connectivity index (χ1n) is 7.03. The van der Waals surface area contributed by atoms with E-state index in [2.05, 4.69) is 43.8 Å². The minimum absolute atomic E-state index is 0.832. The second-order valence-corrected chi connectivity index (χ2v) is 6.29. The molecular formula is C14H16N6S. The third-order valence-electron chi connectivity index (χ3n) is 3.76. The molecule has 0 bridgehead atoms. The Balaban J connectivity index is 1.83. The molecule has 0 aromatic carbocycles. The zero-order valence-corrected chi connectivity index (χ0v) is 12.6. The number of rotatable bonds is 2. The number of nitrogens with zero attached hydrogens (tertiary/aromatic N) is 5. The molecule has 0 atom stereocenters. The van der Waals surface area contributed by atoms with Crippen molar-refractivity contribution in [3.05, 3.63) is 28.8 Å².